The molecule has 2 rings (SSSR count). The van der Waals surface area contributed by atoms with Gasteiger partial charge in [-0.3, -0.25) is 4.79 Å². The standard InChI is InChI=1S/C13H21N3O2S/c1-3-18-12(17)9-11-10-19-13(14-11)16-6-4-5-15(2)7-8-16/h10H,3-9H2,1-2H3. The van der Waals surface area contributed by atoms with E-state index in [0.29, 0.717) is 6.61 Å². The SMILES string of the molecule is CCOC(=O)Cc1csc(N2CCCN(C)CC2)n1. The van der Waals surface area contributed by atoms with Crippen molar-refractivity contribution in [2.24, 2.45) is 0 Å². The normalized spacial score (nSPS) is 17.3. The summed E-state index contributed by atoms with van der Waals surface area (Å²) in [5, 5.41) is 2.98. The predicted molar refractivity (Wildman–Crippen MR) is 76.8 cm³/mol. The zero-order chi connectivity index (χ0) is 13.7. The van der Waals surface area contributed by atoms with Gasteiger partial charge in [-0.15, -0.1) is 11.3 Å². The van der Waals surface area contributed by atoms with Crippen LogP contribution >= 0.6 is 11.3 Å². The fourth-order valence-corrected chi connectivity index (χ4v) is 3.00. The van der Waals surface area contributed by atoms with Gasteiger partial charge in [0.25, 0.3) is 0 Å². The van der Waals surface area contributed by atoms with Crippen molar-refractivity contribution in [2.45, 2.75) is 19.8 Å². The second-order valence-corrected chi connectivity index (χ2v) is 5.58. The van der Waals surface area contributed by atoms with Gasteiger partial charge in [-0.25, -0.2) is 4.98 Å². The Kier molecular flexibility index (Phi) is 5.15. The quantitative estimate of drug-likeness (QED) is 0.782. The molecule has 1 aromatic heterocycles. The summed E-state index contributed by atoms with van der Waals surface area (Å²) in [6.45, 7) is 6.48. The number of hydrogen-bond donors (Lipinski definition) is 0. The fraction of sp³-hybridized carbons (Fsp3) is 0.692. The third-order valence-corrected chi connectivity index (χ3v) is 4.11. The number of rotatable bonds is 4. The van der Waals surface area contributed by atoms with Crippen LogP contribution in [0.2, 0.25) is 0 Å². The first-order valence-corrected chi connectivity index (χ1v) is 7.60. The minimum absolute atomic E-state index is 0.199. The Balaban J connectivity index is 1.94. The Bertz CT molecular complexity index is 422. The molecule has 0 spiro atoms. The summed E-state index contributed by atoms with van der Waals surface area (Å²) in [7, 11) is 2.15. The highest BCUT2D eigenvalue weighted by Gasteiger charge is 2.16. The second kappa shape index (κ2) is 6.86. The molecule has 0 radical (unpaired) electrons. The highest BCUT2D eigenvalue weighted by atomic mass is 32.1. The van der Waals surface area contributed by atoms with Gasteiger partial charge in [0.2, 0.25) is 0 Å². The predicted octanol–water partition coefficient (Wildman–Crippen LogP) is 1.39. The van der Waals surface area contributed by atoms with E-state index in [1.807, 2.05) is 12.3 Å². The lowest BCUT2D eigenvalue weighted by atomic mass is 10.3. The molecule has 1 saturated heterocycles. The first-order valence-electron chi connectivity index (χ1n) is 6.72. The number of thiazole rings is 1. The highest BCUT2D eigenvalue weighted by Crippen LogP contribution is 2.22. The van der Waals surface area contributed by atoms with Gasteiger partial charge in [0.15, 0.2) is 5.13 Å². The van der Waals surface area contributed by atoms with Crippen molar-refractivity contribution < 1.29 is 9.53 Å². The van der Waals surface area contributed by atoms with Crippen molar-refractivity contribution in [3.8, 4) is 0 Å². The molecule has 6 heteroatoms. The van der Waals surface area contributed by atoms with E-state index in [4.69, 9.17) is 4.74 Å². The zero-order valence-electron chi connectivity index (χ0n) is 11.6. The smallest absolute Gasteiger partial charge is 0.311 e. The van der Waals surface area contributed by atoms with Crippen LogP contribution in [0.25, 0.3) is 0 Å². The topological polar surface area (TPSA) is 45.7 Å². The zero-order valence-corrected chi connectivity index (χ0v) is 12.4. The average molecular weight is 283 g/mol. The van der Waals surface area contributed by atoms with Gasteiger partial charge in [0, 0.05) is 25.0 Å². The highest BCUT2D eigenvalue weighted by molar-refractivity contribution is 7.13. The maximum Gasteiger partial charge on any atom is 0.311 e. The Labute approximate surface area is 118 Å². The van der Waals surface area contributed by atoms with E-state index in [1.165, 1.54) is 0 Å². The van der Waals surface area contributed by atoms with Gasteiger partial charge in [-0.1, -0.05) is 0 Å². The largest absolute Gasteiger partial charge is 0.466 e. The van der Waals surface area contributed by atoms with Crippen LogP contribution in [-0.4, -0.2) is 55.7 Å². The summed E-state index contributed by atoms with van der Waals surface area (Å²) >= 11 is 1.62. The molecule has 106 valence electrons. The molecule has 1 fully saturated rings. The molecular weight excluding hydrogens is 262 g/mol. The van der Waals surface area contributed by atoms with E-state index in [-0.39, 0.29) is 12.4 Å². The summed E-state index contributed by atoms with van der Waals surface area (Å²) < 4.78 is 4.94. The Hall–Kier alpha value is -1.14. The van der Waals surface area contributed by atoms with Crippen molar-refractivity contribution in [3.63, 3.8) is 0 Å². The maximum atomic E-state index is 11.4. The van der Waals surface area contributed by atoms with Crippen molar-refractivity contribution >= 4 is 22.4 Å². The molecule has 1 aliphatic rings. The summed E-state index contributed by atoms with van der Waals surface area (Å²) in [6, 6.07) is 0. The molecule has 0 N–H and O–H groups in total. The van der Waals surface area contributed by atoms with Crippen molar-refractivity contribution in [2.75, 3.05) is 44.7 Å². The average Bonchev–Trinajstić information content (AvgIpc) is 2.71. The third kappa shape index (κ3) is 4.18. The molecule has 2 heterocycles. The Morgan fingerprint density at radius 2 is 2.26 bits per heavy atom. The maximum absolute atomic E-state index is 11.4. The molecule has 1 aromatic rings. The monoisotopic (exact) mass is 283 g/mol. The molecule has 19 heavy (non-hydrogen) atoms. The van der Waals surface area contributed by atoms with E-state index >= 15 is 0 Å². The minimum atomic E-state index is -0.199. The van der Waals surface area contributed by atoms with Crippen molar-refractivity contribution in [1.82, 2.24) is 9.88 Å². The number of carbonyl (C=O) groups excluding carboxylic acids is 1. The number of esters is 1. The number of aromatic nitrogens is 1. The molecule has 0 bridgehead atoms. The second-order valence-electron chi connectivity index (χ2n) is 4.75. The molecule has 5 nitrogen and oxygen atoms in total. The van der Waals surface area contributed by atoms with Gasteiger partial charge in [0.05, 0.1) is 18.7 Å². The van der Waals surface area contributed by atoms with Crippen LogP contribution in [-0.2, 0) is 16.0 Å². The van der Waals surface area contributed by atoms with Crippen molar-refractivity contribution in [1.29, 1.82) is 0 Å². The summed E-state index contributed by atoms with van der Waals surface area (Å²) in [5.41, 5.74) is 0.816. The summed E-state index contributed by atoms with van der Waals surface area (Å²) in [5.74, 6) is -0.199. The Morgan fingerprint density at radius 1 is 1.42 bits per heavy atom. The first-order chi connectivity index (χ1) is 9.19. The molecule has 0 atom stereocenters. The van der Waals surface area contributed by atoms with E-state index in [0.717, 1.165) is 43.4 Å². The van der Waals surface area contributed by atoms with Crippen LogP contribution in [0.5, 0.6) is 0 Å². The molecule has 0 unspecified atom stereocenters. The van der Waals surface area contributed by atoms with Crippen LogP contribution in [0, 0.1) is 0 Å². The number of ether oxygens (including phenoxy) is 1. The number of anilines is 1. The molecular formula is C13H21N3O2S. The summed E-state index contributed by atoms with van der Waals surface area (Å²) in [6.07, 6.45) is 1.43. The van der Waals surface area contributed by atoms with Crippen LogP contribution in [0.4, 0.5) is 5.13 Å². The molecule has 0 aliphatic carbocycles. The lowest BCUT2D eigenvalue weighted by Crippen LogP contribution is -2.28. The molecule has 0 aromatic carbocycles. The van der Waals surface area contributed by atoms with Crippen LogP contribution in [0.1, 0.15) is 19.0 Å². The van der Waals surface area contributed by atoms with Gasteiger partial charge in [-0.05, 0) is 26.9 Å². The van der Waals surface area contributed by atoms with Crippen molar-refractivity contribution in [3.05, 3.63) is 11.1 Å². The number of nitrogens with zero attached hydrogens (tertiary/aromatic N) is 3. The number of likely N-dealkylation sites (N-methyl/N-ethyl adjacent to an activating group) is 1. The van der Waals surface area contributed by atoms with E-state index < -0.39 is 0 Å². The third-order valence-electron chi connectivity index (χ3n) is 3.16. The number of hydrogen-bond acceptors (Lipinski definition) is 6. The van der Waals surface area contributed by atoms with E-state index in [2.05, 4.69) is 21.8 Å². The van der Waals surface area contributed by atoms with Crippen LogP contribution < -0.4 is 4.90 Å². The van der Waals surface area contributed by atoms with E-state index in [9.17, 15) is 4.79 Å². The Morgan fingerprint density at radius 3 is 3.05 bits per heavy atom. The fourth-order valence-electron chi connectivity index (χ4n) is 2.12. The molecule has 0 saturated carbocycles. The minimum Gasteiger partial charge on any atom is -0.466 e. The molecule has 1 aliphatic heterocycles. The summed E-state index contributed by atoms with van der Waals surface area (Å²) in [4.78, 5) is 20.6. The van der Waals surface area contributed by atoms with E-state index in [1.54, 1.807) is 11.3 Å². The lowest BCUT2D eigenvalue weighted by Gasteiger charge is -2.19. The van der Waals surface area contributed by atoms with Crippen LogP contribution in [0.3, 0.4) is 0 Å². The van der Waals surface area contributed by atoms with Gasteiger partial charge < -0.3 is 14.5 Å². The lowest BCUT2D eigenvalue weighted by molar-refractivity contribution is -0.142. The molecule has 0 amide bonds. The van der Waals surface area contributed by atoms with Crippen LogP contribution in [0.15, 0.2) is 5.38 Å². The van der Waals surface area contributed by atoms with Gasteiger partial charge in [0.1, 0.15) is 0 Å². The van der Waals surface area contributed by atoms with Gasteiger partial charge in [-0.2, -0.15) is 0 Å². The van der Waals surface area contributed by atoms with Gasteiger partial charge >= 0.3 is 5.97 Å². The first kappa shape index (κ1) is 14.3. The number of carbonyl (C=O) groups is 1.